The van der Waals surface area contributed by atoms with Crippen molar-refractivity contribution < 1.29 is 20.6 Å². The first-order valence-corrected chi connectivity index (χ1v) is 18.9. The van der Waals surface area contributed by atoms with Gasteiger partial charge in [-0.25, -0.2) is 0 Å². The van der Waals surface area contributed by atoms with Gasteiger partial charge in [0.1, 0.15) is 11.5 Å². The fourth-order valence-corrected chi connectivity index (χ4v) is 7.62. The van der Waals surface area contributed by atoms with Gasteiger partial charge < -0.3 is 32.1 Å². The number of benzene rings is 5. The zero-order chi connectivity index (χ0) is 38.9. The Bertz CT molecular complexity index is 2460. The molecule has 0 atom stereocenters. The number of amidine groups is 2. The quantitative estimate of drug-likeness (QED) is 0.0350. The molecule has 278 valence electrons. The number of phenolic OH excluding ortho intramolecular Hbond substituents is 2. The molecule has 9 nitrogen and oxygen atoms in total. The predicted molar refractivity (Wildman–Crippen MR) is 224 cm³/mol. The largest absolute Gasteiger partial charge is 0.508 e. The topological polar surface area (TPSA) is 171 Å². The first-order chi connectivity index (χ1) is 26.8. The highest BCUT2D eigenvalue weighted by molar-refractivity contribution is 7.13. The maximum Gasteiger partial charge on any atom is 0.170 e. The minimum Gasteiger partial charge on any atom is -0.508 e. The summed E-state index contributed by atoms with van der Waals surface area (Å²) in [6.45, 7) is 4.24. The van der Waals surface area contributed by atoms with Crippen LogP contribution in [-0.2, 0) is 12.8 Å². The molecule has 0 unspecified atom stereocenters. The van der Waals surface area contributed by atoms with Crippen LogP contribution in [0.1, 0.15) is 48.9 Å². The van der Waals surface area contributed by atoms with Gasteiger partial charge in [-0.3, -0.25) is 4.98 Å². The van der Waals surface area contributed by atoms with Crippen LogP contribution in [0.15, 0.2) is 137 Å². The molecule has 0 spiro atoms. The third-order valence-electron chi connectivity index (χ3n) is 9.28. The number of rotatable bonds is 10. The van der Waals surface area contributed by atoms with Crippen molar-refractivity contribution in [2.45, 2.75) is 39.5 Å². The van der Waals surface area contributed by atoms with Crippen LogP contribution in [0.4, 0.5) is 0 Å². The maximum atomic E-state index is 9.77. The Labute approximate surface area is 324 Å². The van der Waals surface area contributed by atoms with E-state index in [0.717, 1.165) is 97.1 Å². The molecule has 0 saturated carbocycles. The zero-order valence-electron chi connectivity index (χ0n) is 30.6. The normalized spacial score (nSPS) is 11.7. The smallest absolute Gasteiger partial charge is 0.170 e. The molecule has 0 aliphatic rings. The van der Waals surface area contributed by atoms with Crippen molar-refractivity contribution in [3.63, 3.8) is 0 Å². The average Bonchev–Trinajstić information content (AvgIpc) is 3.75. The van der Waals surface area contributed by atoms with E-state index in [1.54, 1.807) is 41.8 Å². The van der Waals surface area contributed by atoms with Crippen LogP contribution in [0.25, 0.3) is 54.7 Å². The molecule has 7 rings (SSSR count). The Hall–Kier alpha value is -6.65. The number of hydrogen-bond acceptors (Lipinski definition) is 8. The number of aromatic hydroxyl groups is 2. The maximum absolute atomic E-state index is 9.77. The molecule has 0 amide bonds. The predicted octanol–water partition coefficient (Wildman–Crippen LogP) is 10.2. The summed E-state index contributed by atoms with van der Waals surface area (Å²) >= 11 is 1.61. The average molecular weight is 750 g/mol. The van der Waals surface area contributed by atoms with Gasteiger partial charge in [-0.1, -0.05) is 97.7 Å². The van der Waals surface area contributed by atoms with Crippen LogP contribution < -0.4 is 11.5 Å². The van der Waals surface area contributed by atoms with Gasteiger partial charge >= 0.3 is 0 Å². The Morgan fingerprint density at radius 3 is 1.67 bits per heavy atom. The van der Waals surface area contributed by atoms with Crippen molar-refractivity contribution in [1.29, 1.82) is 0 Å². The monoisotopic (exact) mass is 749 g/mol. The van der Waals surface area contributed by atoms with Crippen molar-refractivity contribution >= 4 is 33.9 Å². The molecule has 0 saturated heterocycles. The number of nitrogens with zero attached hydrogens (tertiary/aromatic N) is 3. The second-order valence-electron chi connectivity index (χ2n) is 13.0. The summed E-state index contributed by atoms with van der Waals surface area (Å²) < 4.78 is 0. The molecular weight excluding hydrogens is 707 g/mol. The molecule has 0 radical (unpaired) electrons. The summed E-state index contributed by atoms with van der Waals surface area (Å²) in [4.78, 5) is 5.53. The van der Waals surface area contributed by atoms with Crippen molar-refractivity contribution in [3.8, 4) is 55.3 Å². The van der Waals surface area contributed by atoms with Crippen LogP contribution in [0.2, 0.25) is 0 Å². The van der Waals surface area contributed by atoms with E-state index < -0.39 is 0 Å². The third-order valence-corrected chi connectivity index (χ3v) is 10.2. The number of aromatic nitrogens is 1. The second-order valence-corrected chi connectivity index (χ2v) is 14.0. The molecule has 2 aromatic heterocycles. The number of thiophene rings is 1. The summed E-state index contributed by atoms with van der Waals surface area (Å²) in [5.41, 5.74) is 23.3. The number of phenols is 2. The van der Waals surface area contributed by atoms with E-state index in [4.69, 9.17) is 11.5 Å². The molecule has 7 aromatic rings. The Balaban J connectivity index is 0.000000190. The lowest BCUT2D eigenvalue weighted by Crippen LogP contribution is -2.15. The second kappa shape index (κ2) is 17.5. The lowest BCUT2D eigenvalue weighted by molar-refractivity contribution is 0.318. The van der Waals surface area contributed by atoms with E-state index in [1.807, 2.05) is 84.2 Å². The minimum atomic E-state index is 0.0591. The Kier molecular flexibility index (Phi) is 12.1. The van der Waals surface area contributed by atoms with Gasteiger partial charge in [0.2, 0.25) is 0 Å². The van der Waals surface area contributed by atoms with Crippen molar-refractivity contribution in [2.24, 2.45) is 21.8 Å². The molecule has 10 heteroatoms. The highest BCUT2D eigenvalue weighted by Gasteiger charge is 2.20. The zero-order valence-corrected chi connectivity index (χ0v) is 31.5. The number of aryl methyl sites for hydroxylation is 2. The molecule has 0 aliphatic carbocycles. The number of nitrogens with two attached hydrogens (primary N) is 2. The van der Waals surface area contributed by atoms with Gasteiger partial charge in [0.15, 0.2) is 11.7 Å². The lowest BCUT2D eigenvalue weighted by Gasteiger charge is -2.19. The molecule has 8 N–H and O–H groups in total. The summed E-state index contributed by atoms with van der Waals surface area (Å²) in [5.74, 6) is 0.587. The molecule has 0 bridgehead atoms. The highest BCUT2D eigenvalue weighted by atomic mass is 32.1. The van der Waals surface area contributed by atoms with E-state index >= 15 is 0 Å². The van der Waals surface area contributed by atoms with Gasteiger partial charge in [0.25, 0.3) is 0 Å². The van der Waals surface area contributed by atoms with Gasteiger partial charge in [0, 0.05) is 38.7 Å². The van der Waals surface area contributed by atoms with Crippen LogP contribution >= 0.6 is 11.3 Å². The number of oxime groups is 2. The molecular formula is C45H43N5O4S. The Morgan fingerprint density at radius 1 is 0.618 bits per heavy atom. The first kappa shape index (κ1) is 38.1. The van der Waals surface area contributed by atoms with Crippen LogP contribution in [-0.4, -0.2) is 37.3 Å². The van der Waals surface area contributed by atoms with Crippen LogP contribution in [0, 0.1) is 0 Å². The fraction of sp³-hybridized carbons (Fsp3) is 0.133. The minimum absolute atomic E-state index is 0.0591. The first-order valence-electron chi connectivity index (χ1n) is 18.0. The highest BCUT2D eigenvalue weighted by Crippen LogP contribution is 2.41. The summed E-state index contributed by atoms with van der Waals surface area (Å²) in [7, 11) is 0. The van der Waals surface area contributed by atoms with Gasteiger partial charge in [0.05, 0.1) is 5.52 Å². The molecule has 5 aromatic carbocycles. The van der Waals surface area contributed by atoms with Gasteiger partial charge in [-0.15, -0.1) is 11.3 Å². The molecule has 2 heterocycles. The van der Waals surface area contributed by atoms with Crippen molar-refractivity contribution in [2.75, 3.05) is 0 Å². The number of fused-ring (bicyclic) bond motifs is 1. The van der Waals surface area contributed by atoms with Crippen molar-refractivity contribution in [3.05, 3.63) is 149 Å². The summed E-state index contributed by atoms with van der Waals surface area (Å²) in [6.07, 6.45) is 5.52. The SMILES string of the molecule is CCCc1cc(C(N)=NO)c(-c2cccc3ncccc23)c(-c2ccc(O)cc2)c1.CCCc1cc(C(N)=NO)c(-c2cccs2)c(-c2ccc(O)cc2)c1. The van der Waals surface area contributed by atoms with E-state index in [1.165, 1.54) is 0 Å². The number of hydrogen-bond donors (Lipinski definition) is 6. The standard InChI is InChI=1S/C25H23N3O2.C20H20N2O2S/c1-2-5-16-14-21(17-9-11-18(29)12-10-17)24(22(15-16)25(26)28-30)20-6-3-8-23-19(20)7-4-13-27-23;1-2-4-13-11-16(14-6-8-15(23)9-7-14)19(18-5-3-10-25-18)17(12-13)20(21)22-24/h3-4,6-15,29-30H,2,5H2,1H3,(H2,26,28);3,5-12,23-24H,2,4H2,1H3,(H2,21,22). The fourth-order valence-electron chi connectivity index (χ4n) is 6.82. The van der Waals surface area contributed by atoms with E-state index in [2.05, 4.69) is 41.3 Å². The van der Waals surface area contributed by atoms with Crippen LogP contribution in [0.5, 0.6) is 11.5 Å². The lowest BCUT2D eigenvalue weighted by atomic mass is 9.86. The summed E-state index contributed by atoms with van der Waals surface area (Å²) in [6, 6.07) is 36.4. The Morgan fingerprint density at radius 2 is 1.16 bits per heavy atom. The molecule has 0 fully saturated rings. The molecule has 55 heavy (non-hydrogen) atoms. The van der Waals surface area contributed by atoms with Crippen LogP contribution in [0.3, 0.4) is 0 Å². The van der Waals surface area contributed by atoms with Gasteiger partial charge in [-0.2, -0.15) is 0 Å². The van der Waals surface area contributed by atoms with E-state index in [-0.39, 0.29) is 23.2 Å². The summed E-state index contributed by atoms with van der Waals surface area (Å²) in [5, 5.41) is 47.7. The van der Waals surface area contributed by atoms with E-state index in [9.17, 15) is 20.6 Å². The third kappa shape index (κ3) is 8.45. The van der Waals surface area contributed by atoms with Gasteiger partial charge in [-0.05, 0) is 112 Å². The van der Waals surface area contributed by atoms with E-state index in [0.29, 0.717) is 5.56 Å². The molecule has 0 aliphatic heterocycles. The number of pyridine rings is 1. The van der Waals surface area contributed by atoms with Crippen molar-refractivity contribution in [1.82, 2.24) is 4.98 Å².